The molecule has 56 heavy (non-hydrogen) atoms. The number of carbonyl (C=O) groups excluding carboxylic acids is 6. The maximum atomic E-state index is 12.9. The number of likely N-dealkylation sites (tertiary alicyclic amines) is 2. The molecule has 2 saturated heterocycles. The Morgan fingerprint density at radius 1 is 0.589 bits per heavy atom. The number of benzene rings is 2. The predicted molar refractivity (Wildman–Crippen MR) is 210 cm³/mol. The minimum atomic E-state index is -0.794. The van der Waals surface area contributed by atoms with E-state index in [0.717, 1.165) is 11.1 Å². The first-order valence-electron chi connectivity index (χ1n) is 18.1. The van der Waals surface area contributed by atoms with E-state index < -0.39 is 47.3 Å². The van der Waals surface area contributed by atoms with Gasteiger partial charge in [0.05, 0.1) is 47.7 Å². The van der Waals surface area contributed by atoms with Gasteiger partial charge in [-0.3, -0.25) is 28.8 Å². The molecule has 4 aromatic rings. The molecule has 2 aromatic heterocycles. The van der Waals surface area contributed by atoms with Crippen molar-refractivity contribution in [2.24, 2.45) is 23.3 Å². The lowest BCUT2D eigenvalue weighted by atomic mass is 9.88. The summed E-state index contributed by atoms with van der Waals surface area (Å²) in [5.74, 6) is -4.19. The van der Waals surface area contributed by atoms with Gasteiger partial charge >= 0.3 is 23.6 Å². The number of pyridine rings is 2. The summed E-state index contributed by atoms with van der Waals surface area (Å²) in [6.07, 6.45) is 5.04. The van der Waals surface area contributed by atoms with Gasteiger partial charge in [0.1, 0.15) is 11.6 Å². The number of nitrogens with zero attached hydrogens (tertiary/aromatic N) is 4. The topological polar surface area (TPSA) is 263 Å². The van der Waals surface area contributed by atoms with Crippen molar-refractivity contribution >= 4 is 58.5 Å². The number of amides is 6. The molecule has 16 nitrogen and oxygen atoms in total. The molecular weight excluding hydrogens is 717 g/mol. The number of aromatic nitrogens is 2. The summed E-state index contributed by atoms with van der Waals surface area (Å²) in [5.41, 5.74) is 26.2. The number of nitrogens with two attached hydrogens (primary N) is 4. The van der Waals surface area contributed by atoms with Crippen LogP contribution in [0.25, 0.3) is 0 Å². The van der Waals surface area contributed by atoms with Crippen LogP contribution in [0.4, 0.5) is 23.0 Å². The van der Waals surface area contributed by atoms with E-state index in [1.165, 1.54) is 22.2 Å². The quantitative estimate of drug-likeness (QED) is 0.156. The molecule has 2 fully saturated rings. The van der Waals surface area contributed by atoms with E-state index in [0.29, 0.717) is 59.8 Å². The molecule has 2 aliphatic heterocycles. The van der Waals surface area contributed by atoms with Gasteiger partial charge < -0.3 is 43.4 Å². The average molecular weight is 763 g/mol. The van der Waals surface area contributed by atoms with Crippen molar-refractivity contribution in [2.75, 3.05) is 35.2 Å². The second-order valence-corrected chi connectivity index (χ2v) is 13.9. The van der Waals surface area contributed by atoms with Gasteiger partial charge in [0.15, 0.2) is 0 Å². The molecule has 0 radical (unpaired) electrons. The van der Waals surface area contributed by atoms with E-state index >= 15 is 0 Å². The Kier molecular flexibility index (Phi) is 13.0. The Morgan fingerprint density at radius 2 is 0.946 bits per heavy atom. The van der Waals surface area contributed by atoms with Crippen LogP contribution in [0.3, 0.4) is 0 Å². The third-order valence-electron chi connectivity index (χ3n) is 10.0. The van der Waals surface area contributed by atoms with Crippen LogP contribution in [0.1, 0.15) is 60.0 Å². The smallest absolute Gasteiger partial charge is 0.313 e. The van der Waals surface area contributed by atoms with Crippen molar-refractivity contribution in [3.05, 3.63) is 107 Å². The zero-order valence-electron chi connectivity index (χ0n) is 31.2. The minimum absolute atomic E-state index is 0.111. The lowest BCUT2D eigenvalue weighted by Gasteiger charge is -2.38. The molecule has 0 spiro atoms. The van der Waals surface area contributed by atoms with Crippen LogP contribution >= 0.6 is 0 Å². The van der Waals surface area contributed by atoms with Crippen molar-refractivity contribution in [1.82, 2.24) is 19.8 Å². The summed E-state index contributed by atoms with van der Waals surface area (Å²) in [5, 5.41) is 5.12. The number of carbonyl (C=O) groups is 6. The lowest BCUT2D eigenvalue weighted by Crippen LogP contribution is -2.49. The van der Waals surface area contributed by atoms with E-state index in [1.807, 2.05) is 60.7 Å². The van der Waals surface area contributed by atoms with Crippen molar-refractivity contribution in [3.63, 3.8) is 0 Å². The van der Waals surface area contributed by atoms with Gasteiger partial charge in [-0.25, -0.2) is 9.97 Å². The maximum absolute atomic E-state index is 12.9. The number of nitrogen functional groups attached to an aromatic ring is 2. The van der Waals surface area contributed by atoms with Crippen LogP contribution < -0.4 is 33.6 Å². The van der Waals surface area contributed by atoms with Crippen molar-refractivity contribution in [2.45, 2.75) is 51.6 Å². The van der Waals surface area contributed by atoms with E-state index in [9.17, 15) is 28.8 Å². The van der Waals surface area contributed by atoms with Gasteiger partial charge in [-0.2, -0.15) is 0 Å². The number of aryl methyl sites for hydroxylation is 2. The molecule has 16 heteroatoms. The molecule has 0 aliphatic carbocycles. The molecular formula is C40H46N10O6. The van der Waals surface area contributed by atoms with Crippen LogP contribution in [0, 0.1) is 25.7 Å². The molecule has 4 atom stereocenters. The van der Waals surface area contributed by atoms with Crippen LogP contribution in [0.5, 0.6) is 0 Å². The molecule has 2 aliphatic rings. The highest BCUT2D eigenvalue weighted by atomic mass is 16.2. The first-order valence-corrected chi connectivity index (χ1v) is 18.1. The molecule has 6 rings (SSSR count). The van der Waals surface area contributed by atoms with Crippen LogP contribution in [0.2, 0.25) is 0 Å². The summed E-state index contributed by atoms with van der Waals surface area (Å²) in [6.45, 7) is 3.74. The SMILES string of the molecule is Cc1cc(NC(=O)C(=O)N2C[C@H](C(N)=O)CC[C@@H]2c2ccccc2)cnc1N.Cc1cc(NC(=O)C(=O)N2C[C@H](C(N)=O)CC[C@H]2c2ccccc2)cnc1N. The highest BCUT2D eigenvalue weighted by Crippen LogP contribution is 2.35. The Labute approximate surface area is 324 Å². The summed E-state index contributed by atoms with van der Waals surface area (Å²) in [6, 6.07) is 21.6. The van der Waals surface area contributed by atoms with Crippen molar-refractivity contribution < 1.29 is 28.8 Å². The van der Waals surface area contributed by atoms with Gasteiger partial charge in [-0.05, 0) is 73.9 Å². The summed E-state index contributed by atoms with van der Waals surface area (Å²) < 4.78 is 0. The molecule has 2 aromatic carbocycles. The number of hydrogen-bond donors (Lipinski definition) is 6. The Morgan fingerprint density at radius 3 is 1.27 bits per heavy atom. The van der Waals surface area contributed by atoms with Crippen LogP contribution in [0.15, 0.2) is 85.2 Å². The van der Waals surface area contributed by atoms with E-state index in [2.05, 4.69) is 20.6 Å². The van der Waals surface area contributed by atoms with Gasteiger partial charge in [0.2, 0.25) is 11.8 Å². The predicted octanol–water partition coefficient (Wildman–Crippen LogP) is 2.75. The third kappa shape index (κ3) is 9.82. The van der Waals surface area contributed by atoms with Gasteiger partial charge in [-0.1, -0.05) is 60.7 Å². The molecule has 0 unspecified atom stereocenters. The second-order valence-electron chi connectivity index (χ2n) is 13.9. The first-order chi connectivity index (χ1) is 26.7. The number of primary amides is 2. The second kappa shape index (κ2) is 18.0. The molecule has 0 bridgehead atoms. The summed E-state index contributed by atoms with van der Waals surface area (Å²) in [4.78, 5) is 85.2. The molecule has 10 N–H and O–H groups in total. The van der Waals surface area contributed by atoms with Gasteiger partial charge in [0, 0.05) is 13.1 Å². The van der Waals surface area contributed by atoms with E-state index in [1.54, 1.807) is 26.0 Å². The number of piperidine rings is 2. The Hall–Kier alpha value is -6.84. The van der Waals surface area contributed by atoms with Crippen LogP contribution in [-0.2, 0) is 28.8 Å². The maximum Gasteiger partial charge on any atom is 0.313 e. The van der Waals surface area contributed by atoms with Gasteiger partial charge in [-0.15, -0.1) is 0 Å². The minimum Gasteiger partial charge on any atom is -0.383 e. The third-order valence-corrected chi connectivity index (χ3v) is 10.0. The normalized spacial score (nSPS) is 19.1. The number of hydrogen-bond acceptors (Lipinski definition) is 10. The highest BCUT2D eigenvalue weighted by molar-refractivity contribution is 6.40. The van der Waals surface area contributed by atoms with Crippen LogP contribution in [-0.4, -0.2) is 68.3 Å². The zero-order chi connectivity index (χ0) is 40.5. The fourth-order valence-electron chi connectivity index (χ4n) is 6.84. The Bertz CT molecular complexity index is 1950. The monoisotopic (exact) mass is 762 g/mol. The highest BCUT2D eigenvalue weighted by Gasteiger charge is 2.38. The fourth-order valence-corrected chi connectivity index (χ4v) is 6.84. The zero-order valence-corrected chi connectivity index (χ0v) is 31.2. The number of rotatable bonds is 6. The average Bonchev–Trinajstić information content (AvgIpc) is 3.20. The number of anilines is 4. The summed E-state index contributed by atoms with van der Waals surface area (Å²) in [7, 11) is 0. The molecule has 6 amide bonds. The Balaban J connectivity index is 0.000000214. The number of nitrogens with one attached hydrogen (secondary N) is 2. The summed E-state index contributed by atoms with van der Waals surface area (Å²) >= 11 is 0. The fraction of sp³-hybridized carbons (Fsp3) is 0.300. The molecule has 4 heterocycles. The standard InChI is InChI=1S/2C20H23N5O3/c2*1-12-9-15(10-23-17(12)21)24-19(27)20(28)25-11-14(18(22)26)7-8-16(25)13-5-3-2-4-6-13/h2*2-6,9-10,14,16H,7-8,11H2,1H3,(H2,21,23)(H2,22,26)(H,24,27)/t14-,16+;14-,16-/m11/s1. The van der Waals surface area contributed by atoms with Gasteiger partial charge in [0.25, 0.3) is 0 Å². The molecule has 0 saturated carbocycles. The first kappa shape index (κ1) is 40.3. The largest absolute Gasteiger partial charge is 0.383 e. The molecule has 292 valence electrons. The van der Waals surface area contributed by atoms with E-state index in [4.69, 9.17) is 22.9 Å². The lowest BCUT2D eigenvalue weighted by molar-refractivity contribution is -0.147. The van der Waals surface area contributed by atoms with Crippen molar-refractivity contribution in [1.29, 1.82) is 0 Å². The van der Waals surface area contributed by atoms with Crippen molar-refractivity contribution in [3.8, 4) is 0 Å². The van der Waals surface area contributed by atoms with E-state index in [-0.39, 0.29) is 25.2 Å².